The van der Waals surface area contributed by atoms with Crippen LogP contribution in [0.25, 0.3) is 5.69 Å². The van der Waals surface area contributed by atoms with Gasteiger partial charge in [0, 0.05) is 70.7 Å². The molecule has 2 aromatic rings. The molecule has 1 radical (unpaired) electrons. The summed E-state index contributed by atoms with van der Waals surface area (Å²) in [6, 6.07) is 0. The summed E-state index contributed by atoms with van der Waals surface area (Å²) in [5.41, 5.74) is 0.487. The second-order valence-electron chi connectivity index (χ2n) is 8.22. The van der Waals surface area contributed by atoms with Crippen molar-refractivity contribution in [1.82, 2.24) is 29.9 Å². The minimum Gasteiger partial charge on any atom is -0.394 e. The SMILES string of the molecule is CC(C)(C)C(=O)CCOCCO.[CH2-]C(=O)N1CCN(c2ncc(-n3ccnn3)cn2)CC1.[Y]. The van der Waals surface area contributed by atoms with Crippen molar-refractivity contribution in [3.63, 3.8) is 0 Å². The minimum absolute atomic E-state index is 0. The van der Waals surface area contributed by atoms with Crippen LogP contribution in [0.15, 0.2) is 24.8 Å². The number of aliphatic hydroxyl groups is 1. The van der Waals surface area contributed by atoms with Crippen LogP contribution in [0.1, 0.15) is 27.2 Å². The summed E-state index contributed by atoms with van der Waals surface area (Å²) in [4.78, 5) is 34.9. The first kappa shape index (κ1) is 29.1. The molecular formula is C21H32N7O4Y-. The van der Waals surface area contributed by atoms with Gasteiger partial charge in [-0.25, -0.2) is 14.6 Å². The Kier molecular flexibility index (Phi) is 12.6. The van der Waals surface area contributed by atoms with Crippen LogP contribution in [-0.2, 0) is 47.0 Å². The van der Waals surface area contributed by atoms with E-state index >= 15 is 0 Å². The zero-order valence-corrected chi connectivity index (χ0v) is 22.4. The minimum atomic E-state index is -0.275. The summed E-state index contributed by atoms with van der Waals surface area (Å²) in [5.74, 6) is 0.720. The van der Waals surface area contributed by atoms with Crippen molar-refractivity contribution in [3.8, 4) is 5.69 Å². The summed E-state index contributed by atoms with van der Waals surface area (Å²) in [5, 5.41) is 16.0. The van der Waals surface area contributed by atoms with Crippen molar-refractivity contribution in [1.29, 1.82) is 0 Å². The molecule has 0 aliphatic carbocycles. The molecule has 1 N–H and O–H groups in total. The van der Waals surface area contributed by atoms with Crippen molar-refractivity contribution in [2.24, 2.45) is 5.41 Å². The third kappa shape index (κ3) is 9.83. The molecule has 1 fully saturated rings. The van der Waals surface area contributed by atoms with E-state index in [4.69, 9.17) is 9.84 Å². The number of ketones is 1. The van der Waals surface area contributed by atoms with Gasteiger partial charge in [-0.05, 0) is 0 Å². The van der Waals surface area contributed by atoms with Crippen molar-refractivity contribution < 1.29 is 52.1 Å². The number of piperazine rings is 1. The second kappa shape index (κ2) is 14.3. The van der Waals surface area contributed by atoms with Gasteiger partial charge in [-0.1, -0.05) is 26.0 Å². The normalized spacial score (nSPS) is 13.6. The monoisotopic (exact) mass is 535 g/mol. The maximum absolute atomic E-state index is 11.3. The van der Waals surface area contributed by atoms with E-state index in [0.29, 0.717) is 51.8 Å². The van der Waals surface area contributed by atoms with Gasteiger partial charge in [-0.15, -0.1) is 5.10 Å². The Labute approximate surface area is 219 Å². The van der Waals surface area contributed by atoms with Gasteiger partial charge in [0.05, 0.1) is 50.5 Å². The van der Waals surface area contributed by atoms with Gasteiger partial charge >= 0.3 is 0 Å². The van der Waals surface area contributed by atoms with E-state index in [0.717, 1.165) is 5.69 Å². The molecule has 1 aliphatic rings. The number of hydrogen-bond acceptors (Lipinski definition) is 9. The predicted octanol–water partition coefficient (Wildman–Crippen LogP) is 0.538. The molecule has 11 nitrogen and oxygen atoms in total. The van der Waals surface area contributed by atoms with Gasteiger partial charge in [0.15, 0.2) is 0 Å². The van der Waals surface area contributed by atoms with E-state index in [9.17, 15) is 9.59 Å². The number of carbonyl (C=O) groups is 2. The summed E-state index contributed by atoms with van der Waals surface area (Å²) >= 11 is 0. The Morgan fingerprint density at radius 2 is 1.76 bits per heavy atom. The standard InChI is InChI=1S/C12H14N7O.C9H18O3.Y/c1-10(20)17-4-6-18(7-5-17)12-13-8-11(9-14-12)19-3-2-15-16-19;1-9(2,3)8(11)4-6-12-7-5-10;/h2-3,8-9H,1,4-7H2;10H,4-7H2,1-3H3;/q-1;;. The van der Waals surface area contributed by atoms with Crippen LogP contribution in [0.5, 0.6) is 0 Å². The van der Waals surface area contributed by atoms with Gasteiger partial charge in [-0.3, -0.25) is 4.79 Å². The Hall–Kier alpha value is -1.95. The van der Waals surface area contributed by atoms with E-state index < -0.39 is 0 Å². The average Bonchev–Trinajstić information content (AvgIpc) is 3.31. The fourth-order valence-electron chi connectivity index (χ4n) is 2.80. The molecular weight excluding hydrogens is 503 g/mol. The molecule has 179 valence electrons. The smallest absolute Gasteiger partial charge is 0.225 e. The zero-order chi connectivity index (χ0) is 23.6. The van der Waals surface area contributed by atoms with E-state index in [1.165, 1.54) is 0 Å². The van der Waals surface area contributed by atoms with Gasteiger partial charge in [0.2, 0.25) is 5.95 Å². The maximum Gasteiger partial charge on any atom is 0.225 e. The molecule has 0 spiro atoms. The number of aromatic nitrogens is 5. The summed E-state index contributed by atoms with van der Waals surface area (Å²) in [6.45, 7) is 12.6. The molecule has 3 rings (SSSR count). The Morgan fingerprint density at radius 1 is 1.12 bits per heavy atom. The van der Waals surface area contributed by atoms with Crippen LogP contribution in [0, 0.1) is 12.3 Å². The van der Waals surface area contributed by atoms with E-state index in [-0.39, 0.29) is 56.4 Å². The fraction of sp³-hybridized carbons (Fsp3) is 0.571. The van der Waals surface area contributed by atoms with Crippen molar-refractivity contribution >= 4 is 17.6 Å². The number of nitrogens with zero attached hydrogens (tertiary/aromatic N) is 7. The maximum atomic E-state index is 11.3. The largest absolute Gasteiger partial charge is 0.394 e. The van der Waals surface area contributed by atoms with Gasteiger partial charge in [0.1, 0.15) is 11.5 Å². The van der Waals surface area contributed by atoms with Crippen LogP contribution >= 0.6 is 0 Å². The molecule has 1 amide bonds. The summed E-state index contributed by atoms with van der Waals surface area (Å²) in [7, 11) is 0. The average molecular weight is 535 g/mol. The number of aliphatic hydroxyl groups excluding tert-OH is 1. The van der Waals surface area contributed by atoms with Gasteiger partial charge in [-0.2, -0.15) is 0 Å². The van der Waals surface area contributed by atoms with Crippen molar-refractivity contribution in [2.45, 2.75) is 27.2 Å². The molecule has 0 atom stereocenters. The third-order valence-electron chi connectivity index (χ3n) is 4.77. The molecule has 12 heteroatoms. The van der Waals surface area contributed by atoms with Gasteiger partial charge < -0.3 is 31.4 Å². The van der Waals surface area contributed by atoms with E-state index in [1.807, 2.05) is 25.7 Å². The molecule has 1 saturated heterocycles. The number of hydrogen-bond donors (Lipinski definition) is 1. The molecule has 1 aliphatic heterocycles. The Bertz CT molecular complexity index is 833. The van der Waals surface area contributed by atoms with Crippen LogP contribution in [0.3, 0.4) is 0 Å². The molecule has 2 aromatic heterocycles. The van der Waals surface area contributed by atoms with Crippen LogP contribution in [-0.4, -0.2) is 92.7 Å². The van der Waals surface area contributed by atoms with Crippen molar-refractivity contribution in [3.05, 3.63) is 31.7 Å². The van der Waals surface area contributed by atoms with E-state index in [2.05, 4.69) is 27.2 Å². The number of rotatable bonds is 7. The number of anilines is 1. The number of ether oxygens (including phenoxy) is 1. The second-order valence-corrected chi connectivity index (χ2v) is 8.22. The van der Waals surface area contributed by atoms with Crippen LogP contribution in [0.4, 0.5) is 5.95 Å². The first-order valence-corrected chi connectivity index (χ1v) is 10.5. The third-order valence-corrected chi connectivity index (χ3v) is 4.77. The summed E-state index contributed by atoms with van der Waals surface area (Å²) < 4.78 is 6.58. The van der Waals surface area contributed by atoms with Crippen LogP contribution < -0.4 is 4.90 Å². The quantitative estimate of drug-likeness (QED) is 0.399. The fourth-order valence-corrected chi connectivity index (χ4v) is 2.80. The molecule has 0 aromatic carbocycles. The number of Topliss-reactive ketones (excluding diaryl/α,β-unsaturated/α-hetero) is 1. The molecule has 0 saturated carbocycles. The number of carbonyl (C=O) groups excluding carboxylic acids is 2. The Balaban J connectivity index is 0.000000366. The van der Waals surface area contributed by atoms with Gasteiger partial charge in [0.25, 0.3) is 0 Å². The molecule has 0 unspecified atom stereocenters. The molecule has 3 heterocycles. The zero-order valence-electron chi connectivity index (χ0n) is 19.6. The first-order valence-electron chi connectivity index (χ1n) is 10.5. The topological polar surface area (TPSA) is 127 Å². The first-order chi connectivity index (χ1) is 15.2. The Morgan fingerprint density at radius 3 is 2.24 bits per heavy atom. The molecule has 33 heavy (non-hydrogen) atoms. The van der Waals surface area contributed by atoms with E-state index in [1.54, 1.807) is 34.4 Å². The van der Waals surface area contributed by atoms with Crippen molar-refractivity contribution in [2.75, 3.05) is 50.9 Å². The molecule has 0 bridgehead atoms. The van der Waals surface area contributed by atoms with Crippen LogP contribution in [0.2, 0.25) is 0 Å². The number of amides is 1. The summed E-state index contributed by atoms with van der Waals surface area (Å²) in [6.07, 6.45) is 7.18. The predicted molar refractivity (Wildman–Crippen MR) is 118 cm³/mol.